The van der Waals surface area contributed by atoms with E-state index in [1.165, 1.54) is 22.3 Å². The molecule has 3 aliphatic carbocycles. The predicted molar refractivity (Wildman–Crippen MR) is 225 cm³/mol. The first kappa shape index (κ1) is 42.7. The van der Waals surface area contributed by atoms with E-state index < -0.39 is 74.1 Å². The molecule has 4 amide bonds. The highest BCUT2D eigenvalue weighted by Crippen LogP contribution is 2.46. The second-order valence-corrected chi connectivity index (χ2v) is 20.5. The molecule has 3 aromatic rings. The highest BCUT2D eigenvalue weighted by molar-refractivity contribution is 7.91. The molecule has 4 fully saturated rings. The molecule has 5 atom stereocenters. The van der Waals surface area contributed by atoms with Crippen molar-refractivity contribution in [3.8, 4) is 17.4 Å². The van der Waals surface area contributed by atoms with E-state index in [-0.39, 0.29) is 44.4 Å². The first-order valence-electron chi connectivity index (χ1n) is 21.1. The number of ether oxygens (including phenoxy) is 4. The Bertz CT molecular complexity index is 2290. The Kier molecular flexibility index (Phi) is 11.9. The van der Waals surface area contributed by atoms with Gasteiger partial charge >= 0.3 is 6.09 Å². The summed E-state index contributed by atoms with van der Waals surface area (Å²) in [5.74, 6) is -1.36. The van der Waals surface area contributed by atoms with Crippen LogP contribution < -0.4 is 29.6 Å². The summed E-state index contributed by atoms with van der Waals surface area (Å²) in [7, 11) is -2.32. The van der Waals surface area contributed by atoms with Gasteiger partial charge in [0.25, 0.3) is 5.91 Å². The second-order valence-electron chi connectivity index (χ2n) is 17.8. The molecule has 0 radical (unpaired) electrons. The Labute approximate surface area is 359 Å². The number of nitrogens with one attached hydrogen (secondary N) is 3. The van der Waals surface area contributed by atoms with E-state index in [0.717, 1.165) is 36.9 Å². The molecule has 1 saturated heterocycles. The number of rotatable bonds is 11. The molecule has 2 aliphatic heterocycles. The number of benzene rings is 1. The molecule has 3 saturated carbocycles. The van der Waals surface area contributed by atoms with Crippen molar-refractivity contribution >= 4 is 56.1 Å². The van der Waals surface area contributed by atoms with E-state index in [1.807, 2.05) is 31.4 Å². The van der Waals surface area contributed by atoms with Crippen molar-refractivity contribution in [2.45, 2.75) is 120 Å². The van der Waals surface area contributed by atoms with Crippen molar-refractivity contribution in [3.05, 3.63) is 53.0 Å². The van der Waals surface area contributed by atoms with Gasteiger partial charge in [-0.15, -0.1) is 17.9 Å². The number of methoxy groups -OCH3 is 1. The topological polar surface area (TPSA) is 204 Å². The standard InChI is InChI=1S/C43H54N6O10S2/c1-5-27-19-43(27,40(52)48-61(54,55)30-12-13-30)47-38(50)33-16-29-20-49(33)39(51)37(25-9-6-7-10-25)46-41(53)58-23-42(2,3)14-8-11-26-15-31-32(17-34(26)56-4)45-36(18-35(31)59-29)57-21-28-22-60-24-44-28/h5,15,17-18,22,24-25,27,29-30,33,37H,1,6-14,16,19-21,23H2,2-4H3,(H,46,53)(H,47,50)(H,48,52)/t27-,29+,33-,37-,43?/m0/s1. The fourth-order valence-electron chi connectivity index (χ4n) is 8.94. The molecule has 1 unspecified atom stereocenters. The van der Waals surface area contributed by atoms with Gasteiger partial charge in [0.15, 0.2) is 0 Å². The van der Waals surface area contributed by atoms with Gasteiger partial charge in [-0.05, 0) is 74.3 Å². The number of pyridine rings is 1. The van der Waals surface area contributed by atoms with Crippen LogP contribution in [-0.4, -0.2) is 96.3 Å². The third kappa shape index (κ3) is 9.30. The normalized spacial score (nSPS) is 27.0. The first-order valence-corrected chi connectivity index (χ1v) is 23.6. The Hall–Kier alpha value is -4.97. The third-order valence-corrected chi connectivity index (χ3v) is 15.2. The van der Waals surface area contributed by atoms with E-state index in [9.17, 15) is 27.6 Å². The van der Waals surface area contributed by atoms with Gasteiger partial charge in [-0.3, -0.25) is 19.1 Å². The zero-order valence-corrected chi connectivity index (χ0v) is 36.4. The number of hydrogen-bond donors (Lipinski definition) is 3. The minimum atomic E-state index is -3.92. The zero-order valence-electron chi connectivity index (χ0n) is 34.8. The van der Waals surface area contributed by atoms with E-state index in [1.54, 1.807) is 18.7 Å². The van der Waals surface area contributed by atoms with Crippen LogP contribution in [0.5, 0.6) is 17.4 Å². The lowest BCUT2D eigenvalue weighted by atomic mass is 9.87. The molecule has 328 valence electrons. The van der Waals surface area contributed by atoms with Crippen molar-refractivity contribution in [2.75, 3.05) is 20.3 Å². The van der Waals surface area contributed by atoms with Gasteiger partial charge in [0.05, 0.1) is 42.2 Å². The van der Waals surface area contributed by atoms with Crippen molar-refractivity contribution in [2.24, 2.45) is 17.3 Å². The molecule has 5 aliphatic rings. The summed E-state index contributed by atoms with van der Waals surface area (Å²) in [5, 5.41) is 7.65. The minimum absolute atomic E-state index is 0.0201. The first-order chi connectivity index (χ1) is 29.2. The molecule has 8 rings (SSSR count). The fourth-order valence-corrected chi connectivity index (χ4v) is 10.8. The number of nitrogens with zero attached hydrogens (tertiary/aromatic N) is 3. The summed E-state index contributed by atoms with van der Waals surface area (Å²) >= 11 is 1.45. The van der Waals surface area contributed by atoms with Crippen molar-refractivity contribution in [1.82, 2.24) is 30.2 Å². The fraction of sp³-hybridized carbons (Fsp3) is 0.581. The quantitative estimate of drug-likeness (QED) is 0.219. The number of carbonyl (C=O) groups excluding carboxylic acids is 4. The zero-order chi connectivity index (χ0) is 43.1. The van der Waals surface area contributed by atoms with Crippen LogP contribution in [0.4, 0.5) is 4.79 Å². The van der Waals surface area contributed by atoms with Crippen LogP contribution in [0, 0.1) is 17.3 Å². The molecule has 18 heteroatoms. The lowest BCUT2D eigenvalue weighted by molar-refractivity contribution is -0.142. The van der Waals surface area contributed by atoms with Gasteiger partial charge in [-0.1, -0.05) is 32.8 Å². The maximum Gasteiger partial charge on any atom is 0.407 e. The van der Waals surface area contributed by atoms with Crippen LogP contribution in [0.15, 0.2) is 41.7 Å². The van der Waals surface area contributed by atoms with Crippen LogP contribution in [0.1, 0.15) is 89.3 Å². The van der Waals surface area contributed by atoms with Crippen molar-refractivity contribution < 1.29 is 46.5 Å². The molecular formula is C43H54N6O10S2. The van der Waals surface area contributed by atoms with Crippen LogP contribution in [0.25, 0.3) is 10.9 Å². The van der Waals surface area contributed by atoms with Gasteiger partial charge in [0.2, 0.25) is 27.7 Å². The van der Waals surface area contributed by atoms with Crippen LogP contribution in [0.3, 0.4) is 0 Å². The highest BCUT2D eigenvalue weighted by Gasteiger charge is 2.62. The van der Waals surface area contributed by atoms with Gasteiger partial charge < -0.3 is 34.5 Å². The molecule has 2 aromatic heterocycles. The maximum absolute atomic E-state index is 14.9. The SMILES string of the molecule is C=C[C@H]1CC1(NC(=O)[C@@H]1C[C@@H]2CN1C(=O)[C@H](C1CCCC1)NC(=O)OCC(C)(C)CCCc1cc3c(cc(OCc4cscn4)nc3cc1OC)O2)C(=O)NS(=O)(=O)C1CC1. The van der Waals surface area contributed by atoms with Crippen LogP contribution in [0.2, 0.25) is 0 Å². The average molecular weight is 879 g/mol. The lowest BCUT2D eigenvalue weighted by Crippen LogP contribution is -2.59. The Balaban J connectivity index is 1.16. The molecular weight excluding hydrogens is 825 g/mol. The number of aromatic nitrogens is 2. The largest absolute Gasteiger partial charge is 0.496 e. The number of fused-ring (bicyclic) bond motifs is 3. The van der Waals surface area contributed by atoms with E-state index in [0.29, 0.717) is 54.5 Å². The number of alkyl carbamates (subject to hydrolysis) is 1. The van der Waals surface area contributed by atoms with E-state index in [4.69, 9.17) is 23.9 Å². The monoisotopic (exact) mass is 878 g/mol. The summed E-state index contributed by atoms with van der Waals surface area (Å²) in [6.07, 6.45) is 6.42. The molecule has 4 bridgehead atoms. The Morgan fingerprint density at radius 1 is 1.13 bits per heavy atom. The van der Waals surface area contributed by atoms with E-state index in [2.05, 4.69) is 26.9 Å². The summed E-state index contributed by atoms with van der Waals surface area (Å²) in [6, 6.07) is 3.39. The summed E-state index contributed by atoms with van der Waals surface area (Å²) in [5.41, 5.74) is 1.96. The highest BCUT2D eigenvalue weighted by atomic mass is 32.2. The summed E-state index contributed by atoms with van der Waals surface area (Å²) < 4.78 is 52.5. The number of thiazole rings is 1. The van der Waals surface area contributed by atoms with Gasteiger partial charge in [-0.2, -0.15) is 0 Å². The molecule has 4 heterocycles. The van der Waals surface area contributed by atoms with E-state index >= 15 is 0 Å². The maximum atomic E-state index is 14.9. The smallest absolute Gasteiger partial charge is 0.407 e. The summed E-state index contributed by atoms with van der Waals surface area (Å²) in [6.45, 7) is 8.12. The van der Waals surface area contributed by atoms with Crippen molar-refractivity contribution in [1.29, 1.82) is 0 Å². The van der Waals surface area contributed by atoms with Crippen LogP contribution in [-0.2, 0) is 42.2 Å². The number of carbonyl (C=O) groups is 4. The molecule has 3 N–H and O–H groups in total. The lowest BCUT2D eigenvalue weighted by Gasteiger charge is -2.32. The van der Waals surface area contributed by atoms with Gasteiger partial charge in [0, 0.05) is 35.2 Å². The minimum Gasteiger partial charge on any atom is -0.496 e. The van der Waals surface area contributed by atoms with Gasteiger partial charge in [-0.25, -0.2) is 23.2 Å². The number of sulfonamides is 1. The average Bonchev–Trinajstić information content (AvgIpc) is 3.97. The predicted octanol–water partition coefficient (Wildman–Crippen LogP) is 4.94. The number of amides is 4. The van der Waals surface area contributed by atoms with Gasteiger partial charge in [0.1, 0.15) is 41.8 Å². The molecule has 16 nitrogen and oxygen atoms in total. The summed E-state index contributed by atoms with van der Waals surface area (Å²) in [4.78, 5) is 67.3. The van der Waals surface area contributed by atoms with Crippen LogP contribution >= 0.6 is 11.3 Å². The second kappa shape index (κ2) is 17.1. The number of hydrogen-bond acceptors (Lipinski definition) is 13. The molecule has 61 heavy (non-hydrogen) atoms. The number of aryl methyl sites for hydroxylation is 1. The Morgan fingerprint density at radius 2 is 1.92 bits per heavy atom. The third-order valence-electron chi connectivity index (χ3n) is 12.7. The molecule has 1 aromatic carbocycles. The number of cyclic esters (lactones) is 1. The Morgan fingerprint density at radius 3 is 2.61 bits per heavy atom. The molecule has 0 spiro atoms. The van der Waals surface area contributed by atoms with Crippen molar-refractivity contribution in [3.63, 3.8) is 0 Å².